The number of ether oxygens (including phenoxy) is 2. The number of likely N-dealkylation sites (tertiary alicyclic amines) is 1. The first kappa shape index (κ1) is 20.0. The highest BCUT2D eigenvalue weighted by Crippen LogP contribution is 2.30. The zero-order valence-corrected chi connectivity index (χ0v) is 16.6. The van der Waals surface area contributed by atoms with Gasteiger partial charge in [-0.05, 0) is 57.5 Å². The Morgan fingerprint density at radius 2 is 2.07 bits per heavy atom. The fourth-order valence-electron chi connectivity index (χ4n) is 5.16. The lowest BCUT2D eigenvalue weighted by Gasteiger charge is -2.37. The fraction of sp³-hybridized carbons (Fsp3) is 1.00. The van der Waals surface area contributed by atoms with Crippen molar-refractivity contribution in [3.8, 4) is 0 Å². The Morgan fingerprint density at radius 1 is 1.19 bits per heavy atom. The fourth-order valence-corrected chi connectivity index (χ4v) is 5.16. The quantitative estimate of drug-likeness (QED) is 0.457. The van der Waals surface area contributed by atoms with Gasteiger partial charge in [0, 0.05) is 32.9 Å². The molecule has 8 heteroatoms. The van der Waals surface area contributed by atoms with Gasteiger partial charge >= 0.3 is 0 Å². The number of nitrogens with one attached hydrogen (secondary N) is 4. The smallest absolute Gasteiger partial charge is 0.146 e. The minimum atomic E-state index is 0.0927. The maximum Gasteiger partial charge on any atom is 0.146 e. The molecule has 0 aliphatic carbocycles. The van der Waals surface area contributed by atoms with Gasteiger partial charge in [0.1, 0.15) is 6.23 Å². The van der Waals surface area contributed by atoms with Crippen LogP contribution in [0, 0.1) is 5.92 Å². The first-order chi connectivity index (χ1) is 13.3. The van der Waals surface area contributed by atoms with Gasteiger partial charge in [-0.3, -0.25) is 20.4 Å². The number of methoxy groups -OCH3 is 1. The van der Waals surface area contributed by atoms with Crippen LogP contribution in [0.1, 0.15) is 38.5 Å². The van der Waals surface area contributed by atoms with Gasteiger partial charge in [0.25, 0.3) is 0 Å². The molecule has 4 aliphatic heterocycles. The van der Waals surface area contributed by atoms with E-state index in [-0.39, 0.29) is 12.4 Å². The zero-order valence-electron chi connectivity index (χ0n) is 16.6. The second-order valence-electron chi connectivity index (χ2n) is 8.33. The van der Waals surface area contributed by atoms with Crippen LogP contribution in [0.15, 0.2) is 0 Å². The van der Waals surface area contributed by atoms with E-state index < -0.39 is 0 Å². The Labute approximate surface area is 163 Å². The largest absolute Gasteiger partial charge is 0.383 e. The number of hydrogen-bond donors (Lipinski definition) is 4. The van der Waals surface area contributed by atoms with Gasteiger partial charge in [-0.2, -0.15) is 5.48 Å². The molecule has 0 saturated carbocycles. The molecule has 156 valence electrons. The Hall–Kier alpha value is -0.320. The molecule has 0 bridgehead atoms. The third kappa shape index (κ3) is 5.00. The summed E-state index contributed by atoms with van der Waals surface area (Å²) in [5.41, 5.74) is 3.32. The van der Waals surface area contributed by atoms with E-state index in [0.717, 1.165) is 58.6 Å². The third-order valence-electron chi connectivity index (χ3n) is 6.63. The van der Waals surface area contributed by atoms with Crippen LogP contribution in [0.2, 0.25) is 0 Å². The summed E-state index contributed by atoms with van der Waals surface area (Å²) in [6.07, 6.45) is 7.75. The second-order valence-corrected chi connectivity index (χ2v) is 8.33. The third-order valence-corrected chi connectivity index (χ3v) is 6.63. The maximum absolute atomic E-state index is 6.06. The summed E-state index contributed by atoms with van der Waals surface area (Å²) in [5, 5.41) is 10.9. The Morgan fingerprint density at radius 3 is 2.93 bits per heavy atom. The van der Waals surface area contributed by atoms with Crippen molar-refractivity contribution in [1.82, 2.24) is 26.3 Å². The van der Waals surface area contributed by atoms with E-state index in [9.17, 15) is 0 Å². The number of hydroxylamine groups is 1. The predicted molar refractivity (Wildman–Crippen MR) is 103 cm³/mol. The van der Waals surface area contributed by atoms with E-state index in [4.69, 9.17) is 14.3 Å². The van der Waals surface area contributed by atoms with Crippen LogP contribution in [0.4, 0.5) is 0 Å². The summed E-state index contributed by atoms with van der Waals surface area (Å²) < 4.78 is 10.7. The molecule has 4 heterocycles. The molecule has 0 aromatic rings. The molecule has 4 aliphatic rings. The van der Waals surface area contributed by atoms with E-state index in [0.29, 0.717) is 24.2 Å². The topological polar surface area (TPSA) is 79.0 Å². The second kappa shape index (κ2) is 9.93. The van der Waals surface area contributed by atoms with E-state index in [1.807, 2.05) is 0 Å². The molecule has 0 spiro atoms. The van der Waals surface area contributed by atoms with Crippen LogP contribution in [0.3, 0.4) is 0 Å². The highest BCUT2D eigenvalue weighted by molar-refractivity contribution is 4.94. The highest BCUT2D eigenvalue weighted by atomic mass is 16.7. The number of hydrogen-bond acceptors (Lipinski definition) is 8. The summed E-state index contributed by atoms with van der Waals surface area (Å²) in [5.74, 6) is 0.564. The Balaban J connectivity index is 1.27. The molecular formula is C19H37N5O3. The maximum atomic E-state index is 6.06. The van der Waals surface area contributed by atoms with Gasteiger partial charge in [0.15, 0.2) is 0 Å². The van der Waals surface area contributed by atoms with E-state index >= 15 is 0 Å². The number of rotatable bonds is 7. The van der Waals surface area contributed by atoms with Crippen molar-refractivity contribution in [1.29, 1.82) is 0 Å². The Kier molecular flexibility index (Phi) is 7.35. The normalized spacial score (nSPS) is 39.2. The molecule has 4 unspecified atom stereocenters. The number of nitrogens with zero attached hydrogens (tertiary/aromatic N) is 1. The van der Waals surface area contributed by atoms with Gasteiger partial charge in [-0.15, -0.1) is 0 Å². The van der Waals surface area contributed by atoms with E-state index in [1.165, 1.54) is 19.4 Å². The van der Waals surface area contributed by atoms with Crippen LogP contribution in [0.5, 0.6) is 0 Å². The molecule has 0 radical (unpaired) electrons. The van der Waals surface area contributed by atoms with Gasteiger partial charge < -0.3 is 14.8 Å². The molecule has 5 atom stereocenters. The van der Waals surface area contributed by atoms with Crippen LogP contribution in [-0.4, -0.2) is 82.1 Å². The lowest BCUT2D eigenvalue weighted by atomic mass is 9.92. The predicted octanol–water partition coefficient (Wildman–Crippen LogP) is -0.0319. The van der Waals surface area contributed by atoms with Crippen molar-refractivity contribution in [2.24, 2.45) is 5.92 Å². The minimum Gasteiger partial charge on any atom is -0.383 e. The van der Waals surface area contributed by atoms with Crippen molar-refractivity contribution in [3.05, 3.63) is 0 Å². The van der Waals surface area contributed by atoms with Crippen molar-refractivity contribution in [2.45, 2.75) is 69.2 Å². The molecule has 0 aromatic heterocycles. The highest BCUT2D eigenvalue weighted by Gasteiger charge is 2.42. The molecule has 4 fully saturated rings. The van der Waals surface area contributed by atoms with Gasteiger partial charge in [-0.1, -0.05) is 0 Å². The summed E-state index contributed by atoms with van der Waals surface area (Å²) >= 11 is 0. The van der Waals surface area contributed by atoms with Gasteiger partial charge in [-0.25, -0.2) is 0 Å². The SMILES string of the molecule is COCCNC1CC(C2NOC([C@H]3CCCN3C3CCOCC3)N2)CCN1. The van der Waals surface area contributed by atoms with E-state index in [1.54, 1.807) is 7.11 Å². The van der Waals surface area contributed by atoms with E-state index in [2.05, 4.69) is 26.3 Å². The standard InChI is InChI=1S/C19H37N5O3/c1-25-12-8-21-17-13-14(4-7-20-17)18-22-19(27-23-18)16-3-2-9-24(16)15-5-10-26-11-6-15/h14-23H,2-13H2,1H3/t14?,16-,17?,18?,19?/m1/s1. The molecule has 0 amide bonds. The van der Waals surface area contributed by atoms with Crippen LogP contribution < -0.4 is 21.4 Å². The molecular weight excluding hydrogens is 346 g/mol. The van der Waals surface area contributed by atoms with Gasteiger partial charge in [0.05, 0.1) is 25.0 Å². The molecule has 4 saturated heterocycles. The Bertz CT molecular complexity index is 451. The first-order valence-electron chi connectivity index (χ1n) is 10.8. The summed E-state index contributed by atoms with van der Waals surface area (Å²) in [6, 6.07) is 1.13. The molecule has 4 rings (SSSR count). The van der Waals surface area contributed by atoms with Crippen molar-refractivity contribution in [3.63, 3.8) is 0 Å². The van der Waals surface area contributed by atoms with Crippen LogP contribution in [-0.2, 0) is 14.3 Å². The molecule has 27 heavy (non-hydrogen) atoms. The molecule has 0 aromatic carbocycles. The van der Waals surface area contributed by atoms with Crippen molar-refractivity contribution in [2.75, 3.05) is 46.6 Å². The summed E-state index contributed by atoms with van der Waals surface area (Å²) in [7, 11) is 1.75. The lowest BCUT2D eigenvalue weighted by Crippen LogP contribution is -2.55. The van der Waals surface area contributed by atoms with Crippen LogP contribution >= 0.6 is 0 Å². The summed E-state index contributed by atoms with van der Waals surface area (Å²) in [4.78, 5) is 8.75. The monoisotopic (exact) mass is 383 g/mol. The summed E-state index contributed by atoms with van der Waals surface area (Å²) in [6.45, 7) is 5.67. The van der Waals surface area contributed by atoms with Crippen molar-refractivity contribution < 1.29 is 14.3 Å². The van der Waals surface area contributed by atoms with Crippen molar-refractivity contribution >= 4 is 0 Å². The average Bonchev–Trinajstić information content (AvgIpc) is 3.39. The lowest BCUT2D eigenvalue weighted by molar-refractivity contribution is -0.0461. The van der Waals surface area contributed by atoms with Gasteiger partial charge in [0.2, 0.25) is 0 Å². The van der Waals surface area contributed by atoms with Crippen LogP contribution in [0.25, 0.3) is 0 Å². The molecule has 8 nitrogen and oxygen atoms in total. The minimum absolute atomic E-state index is 0.0927. The average molecular weight is 384 g/mol. The number of piperidine rings is 1. The first-order valence-corrected chi connectivity index (χ1v) is 10.8. The zero-order chi connectivity index (χ0) is 18.5. The molecule has 4 N–H and O–H groups in total.